The Kier molecular flexibility index (Phi) is 4.32. The van der Waals surface area contributed by atoms with Crippen LogP contribution >= 0.6 is 0 Å². The summed E-state index contributed by atoms with van der Waals surface area (Å²) in [6.45, 7) is 1.22. The third kappa shape index (κ3) is 3.01. The minimum absolute atomic E-state index is 0.00345. The van der Waals surface area contributed by atoms with Crippen LogP contribution in [0.5, 0.6) is 0 Å². The lowest BCUT2D eigenvalue weighted by atomic mass is 9.89. The van der Waals surface area contributed by atoms with Gasteiger partial charge in [0.15, 0.2) is 0 Å². The van der Waals surface area contributed by atoms with Gasteiger partial charge in [-0.15, -0.1) is 0 Å². The number of nitrogens with zero attached hydrogens (tertiary/aromatic N) is 3. The lowest BCUT2D eigenvalue weighted by Crippen LogP contribution is -2.45. The van der Waals surface area contributed by atoms with E-state index >= 15 is 0 Å². The van der Waals surface area contributed by atoms with Crippen molar-refractivity contribution in [2.24, 2.45) is 5.92 Å². The highest BCUT2D eigenvalue weighted by atomic mass is 16.6. The van der Waals surface area contributed by atoms with Crippen molar-refractivity contribution in [3.63, 3.8) is 0 Å². The molecule has 24 heavy (non-hydrogen) atoms. The predicted octanol–water partition coefficient (Wildman–Crippen LogP) is 2.00. The molecule has 0 saturated carbocycles. The van der Waals surface area contributed by atoms with Gasteiger partial charge in [0.2, 0.25) is 5.91 Å². The Morgan fingerprint density at radius 2 is 1.96 bits per heavy atom. The van der Waals surface area contributed by atoms with Gasteiger partial charge in [-0.05, 0) is 25.3 Å². The number of nitrogens with one attached hydrogen (secondary N) is 1. The number of hydrogen-bond acceptors (Lipinski definition) is 6. The topological polar surface area (TPSA) is 119 Å². The summed E-state index contributed by atoms with van der Waals surface area (Å²) < 4.78 is 0. The second kappa shape index (κ2) is 6.42. The highest BCUT2D eigenvalue weighted by Crippen LogP contribution is 2.38. The third-order valence-corrected chi connectivity index (χ3v) is 4.78. The molecule has 0 spiro atoms. The number of rotatable bonds is 4. The van der Waals surface area contributed by atoms with Gasteiger partial charge >= 0.3 is 0 Å². The van der Waals surface area contributed by atoms with Crippen LogP contribution in [0, 0.1) is 26.1 Å². The number of nitro groups is 2. The van der Waals surface area contributed by atoms with Crippen LogP contribution in [0.25, 0.3) is 0 Å². The average molecular weight is 334 g/mol. The first-order valence-corrected chi connectivity index (χ1v) is 7.93. The first kappa shape index (κ1) is 16.2. The zero-order valence-corrected chi connectivity index (χ0v) is 13.0. The standard InChI is InChI=1S/C15H18N4O5/c20-15-7-10(9-16-15)12-3-1-2-6-17(12)13-5-4-11(18(21)22)8-14(13)19(23)24/h4-5,8,10,12H,1-3,6-7,9H2,(H,16,20)/t10-,12-/m0/s1. The van der Waals surface area contributed by atoms with Gasteiger partial charge in [-0.3, -0.25) is 25.0 Å². The zero-order valence-electron chi connectivity index (χ0n) is 13.0. The molecule has 0 unspecified atom stereocenters. The molecule has 2 aliphatic heterocycles. The highest BCUT2D eigenvalue weighted by molar-refractivity contribution is 5.78. The Morgan fingerprint density at radius 3 is 2.58 bits per heavy atom. The van der Waals surface area contributed by atoms with Crippen molar-refractivity contribution in [2.75, 3.05) is 18.0 Å². The fourth-order valence-electron chi connectivity index (χ4n) is 3.66. The number of nitro benzene ring substituents is 2. The van der Waals surface area contributed by atoms with Crippen LogP contribution < -0.4 is 10.2 Å². The van der Waals surface area contributed by atoms with Gasteiger partial charge in [-0.25, -0.2) is 0 Å². The molecule has 128 valence electrons. The molecule has 2 heterocycles. The minimum Gasteiger partial charge on any atom is -0.363 e. The molecule has 0 bridgehead atoms. The quantitative estimate of drug-likeness (QED) is 0.664. The third-order valence-electron chi connectivity index (χ3n) is 4.78. The maximum absolute atomic E-state index is 11.5. The number of non-ortho nitro benzene ring substituents is 1. The van der Waals surface area contributed by atoms with Crippen LogP contribution in [-0.2, 0) is 4.79 Å². The highest BCUT2D eigenvalue weighted by Gasteiger charge is 2.37. The van der Waals surface area contributed by atoms with Crippen LogP contribution in [0.4, 0.5) is 17.1 Å². The molecular formula is C15H18N4O5. The van der Waals surface area contributed by atoms with E-state index in [0.717, 1.165) is 25.3 Å². The smallest absolute Gasteiger partial charge is 0.299 e. The number of carbonyl (C=O) groups is 1. The summed E-state index contributed by atoms with van der Waals surface area (Å²) in [4.78, 5) is 34.6. The Labute approximate surface area is 137 Å². The number of carbonyl (C=O) groups excluding carboxylic acids is 1. The van der Waals surface area contributed by atoms with Crippen molar-refractivity contribution < 1.29 is 14.6 Å². The van der Waals surface area contributed by atoms with Gasteiger partial charge in [0.05, 0.1) is 15.9 Å². The number of benzene rings is 1. The van der Waals surface area contributed by atoms with Crippen molar-refractivity contribution in [1.82, 2.24) is 5.32 Å². The molecule has 9 nitrogen and oxygen atoms in total. The second-order valence-corrected chi connectivity index (χ2v) is 6.21. The first-order valence-electron chi connectivity index (χ1n) is 7.93. The fourth-order valence-corrected chi connectivity index (χ4v) is 3.66. The van der Waals surface area contributed by atoms with E-state index in [9.17, 15) is 25.0 Å². The summed E-state index contributed by atoms with van der Waals surface area (Å²) in [5.74, 6) is 0.108. The summed E-state index contributed by atoms with van der Waals surface area (Å²) in [5, 5.41) is 25.1. The second-order valence-electron chi connectivity index (χ2n) is 6.21. The SMILES string of the molecule is O=C1C[C@H]([C@@H]2CCCCN2c2ccc([N+](=O)[O-])cc2[N+](=O)[O-])CN1. The molecule has 2 fully saturated rings. The van der Waals surface area contributed by atoms with Gasteiger partial charge in [0, 0.05) is 37.5 Å². The molecule has 2 aliphatic rings. The van der Waals surface area contributed by atoms with Gasteiger partial charge in [-0.2, -0.15) is 0 Å². The van der Waals surface area contributed by atoms with E-state index in [1.165, 1.54) is 12.1 Å². The monoisotopic (exact) mass is 334 g/mol. The number of amides is 1. The summed E-state index contributed by atoms with van der Waals surface area (Å²) >= 11 is 0. The van der Waals surface area contributed by atoms with Crippen molar-refractivity contribution in [1.29, 1.82) is 0 Å². The Bertz CT molecular complexity index is 692. The van der Waals surface area contributed by atoms with Crippen molar-refractivity contribution >= 4 is 23.0 Å². The molecule has 0 aromatic heterocycles. The maximum atomic E-state index is 11.5. The lowest BCUT2D eigenvalue weighted by Gasteiger charge is -2.40. The lowest BCUT2D eigenvalue weighted by molar-refractivity contribution is -0.393. The van der Waals surface area contributed by atoms with Gasteiger partial charge < -0.3 is 10.2 Å². The van der Waals surface area contributed by atoms with E-state index < -0.39 is 9.85 Å². The number of anilines is 1. The van der Waals surface area contributed by atoms with E-state index in [4.69, 9.17) is 0 Å². The van der Waals surface area contributed by atoms with Crippen LogP contribution in [0.15, 0.2) is 18.2 Å². The van der Waals surface area contributed by atoms with E-state index in [1.54, 1.807) is 0 Å². The summed E-state index contributed by atoms with van der Waals surface area (Å²) in [6, 6.07) is 3.79. The van der Waals surface area contributed by atoms with E-state index in [-0.39, 0.29) is 29.2 Å². The molecule has 2 saturated heterocycles. The van der Waals surface area contributed by atoms with Crippen LogP contribution in [0.1, 0.15) is 25.7 Å². The Morgan fingerprint density at radius 1 is 1.17 bits per heavy atom. The molecule has 0 aliphatic carbocycles. The first-order chi connectivity index (χ1) is 11.5. The molecule has 1 aromatic rings. The summed E-state index contributed by atoms with van der Waals surface area (Å²) in [7, 11) is 0. The molecule has 2 atom stereocenters. The van der Waals surface area contributed by atoms with Gasteiger partial charge in [0.1, 0.15) is 5.69 Å². The van der Waals surface area contributed by atoms with Crippen molar-refractivity contribution in [2.45, 2.75) is 31.7 Å². The number of hydrogen-bond donors (Lipinski definition) is 1. The normalized spacial score (nSPS) is 23.8. The zero-order chi connectivity index (χ0) is 17.3. The summed E-state index contributed by atoms with van der Waals surface area (Å²) in [6.07, 6.45) is 3.18. The molecule has 1 N–H and O–H groups in total. The van der Waals surface area contributed by atoms with Crippen molar-refractivity contribution in [3.05, 3.63) is 38.4 Å². The van der Waals surface area contributed by atoms with Gasteiger partial charge in [-0.1, -0.05) is 0 Å². The molecule has 0 radical (unpaired) electrons. The summed E-state index contributed by atoms with van der Waals surface area (Å²) in [5.41, 5.74) is -0.153. The number of piperidine rings is 1. The van der Waals surface area contributed by atoms with Gasteiger partial charge in [0.25, 0.3) is 11.4 Å². The van der Waals surface area contributed by atoms with Crippen LogP contribution in [-0.4, -0.2) is 34.9 Å². The molecule has 3 rings (SSSR count). The molecule has 1 aromatic carbocycles. The molecule has 9 heteroatoms. The maximum Gasteiger partial charge on any atom is 0.299 e. The predicted molar refractivity (Wildman–Crippen MR) is 85.9 cm³/mol. The van der Waals surface area contributed by atoms with E-state index in [1.807, 2.05) is 4.90 Å². The molecule has 1 amide bonds. The Hall–Kier alpha value is -2.71. The van der Waals surface area contributed by atoms with Crippen molar-refractivity contribution in [3.8, 4) is 0 Å². The Balaban J connectivity index is 1.96. The van der Waals surface area contributed by atoms with Crippen LogP contribution in [0.3, 0.4) is 0 Å². The minimum atomic E-state index is -0.635. The van der Waals surface area contributed by atoms with E-state index in [0.29, 0.717) is 25.2 Å². The van der Waals surface area contributed by atoms with E-state index in [2.05, 4.69) is 5.32 Å². The largest absolute Gasteiger partial charge is 0.363 e. The molecular weight excluding hydrogens is 316 g/mol. The average Bonchev–Trinajstić information content (AvgIpc) is 3.00. The van der Waals surface area contributed by atoms with Crippen LogP contribution in [0.2, 0.25) is 0 Å². The fraction of sp³-hybridized carbons (Fsp3) is 0.533.